The summed E-state index contributed by atoms with van der Waals surface area (Å²) in [5, 5.41) is 13.5. The van der Waals surface area contributed by atoms with Gasteiger partial charge in [0.1, 0.15) is 18.5 Å². The van der Waals surface area contributed by atoms with Crippen molar-refractivity contribution in [1.82, 2.24) is 19.1 Å². The third-order valence-corrected chi connectivity index (χ3v) is 4.29. The molecular formula is C18H24N6O4. The van der Waals surface area contributed by atoms with E-state index in [2.05, 4.69) is 15.3 Å². The number of ether oxygens (including phenoxy) is 1. The molecule has 0 saturated carbocycles. The van der Waals surface area contributed by atoms with Gasteiger partial charge >= 0.3 is 5.69 Å². The number of aromatic amines is 1. The number of benzene rings is 1. The molecule has 0 aliphatic heterocycles. The van der Waals surface area contributed by atoms with Gasteiger partial charge in [0.2, 0.25) is 5.95 Å². The third-order valence-electron chi connectivity index (χ3n) is 4.29. The lowest BCUT2D eigenvalue weighted by Crippen LogP contribution is -2.31. The Bertz CT molecular complexity index is 1070. The Hall–Kier alpha value is -3.11. The Morgan fingerprint density at radius 3 is 2.71 bits per heavy atom. The molecule has 10 heteroatoms. The molecule has 5 N–H and O–H groups in total. The number of imidazole rings is 1. The Labute approximate surface area is 160 Å². The lowest BCUT2D eigenvalue weighted by atomic mass is 10.2. The van der Waals surface area contributed by atoms with Crippen LogP contribution >= 0.6 is 0 Å². The number of aromatic nitrogens is 4. The number of anilines is 1. The van der Waals surface area contributed by atoms with Gasteiger partial charge in [-0.15, -0.1) is 0 Å². The normalized spacial score (nSPS) is 12.3. The molecule has 0 amide bonds. The summed E-state index contributed by atoms with van der Waals surface area (Å²) in [6, 6.07) is 7.48. The van der Waals surface area contributed by atoms with Crippen molar-refractivity contribution in [2.75, 3.05) is 25.0 Å². The third kappa shape index (κ3) is 4.07. The van der Waals surface area contributed by atoms with E-state index >= 15 is 0 Å². The van der Waals surface area contributed by atoms with Crippen molar-refractivity contribution < 1.29 is 9.84 Å². The van der Waals surface area contributed by atoms with Crippen LogP contribution in [0.2, 0.25) is 0 Å². The van der Waals surface area contributed by atoms with E-state index in [1.807, 2.05) is 31.2 Å². The van der Waals surface area contributed by atoms with Crippen molar-refractivity contribution >= 4 is 17.1 Å². The predicted molar refractivity (Wildman–Crippen MR) is 106 cm³/mol. The van der Waals surface area contributed by atoms with Crippen molar-refractivity contribution in [2.24, 2.45) is 12.8 Å². The van der Waals surface area contributed by atoms with Crippen molar-refractivity contribution in [3.05, 3.63) is 50.7 Å². The minimum Gasteiger partial charge on any atom is -0.491 e. The number of hydrogen-bond donors (Lipinski definition) is 4. The monoisotopic (exact) mass is 388 g/mol. The largest absolute Gasteiger partial charge is 0.491 e. The van der Waals surface area contributed by atoms with Gasteiger partial charge in [-0.05, 0) is 19.1 Å². The minimum atomic E-state index is -0.909. The molecule has 150 valence electrons. The van der Waals surface area contributed by atoms with Crippen molar-refractivity contribution in [1.29, 1.82) is 0 Å². The lowest BCUT2D eigenvalue weighted by Gasteiger charge is -2.15. The van der Waals surface area contributed by atoms with Crippen molar-refractivity contribution in [2.45, 2.75) is 19.6 Å². The second-order valence-corrected chi connectivity index (χ2v) is 6.53. The summed E-state index contributed by atoms with van der Waals surface area (Å²) in [5.74, 6) is 0.989. The predicted octanol–water partition coefficient (Wildman–Crippen LogP) is -0.458. The second-order valence-electron chi connectivity index (χ2n) is 6.53. The maximum Gasteiger partial charge on any atom is 0.329 e. The number of nitrogens with one attached hydrogen (secondary N) is 2. The number of aliphatic hydroxyl groups excluding tert-OH is 1. The zero-order valence-corrected chi connectivity index (χ0v) is 15.8. The molecule has 0 aliphatic rings. The van der Waals surface area contributed by atoms with Gasteiger partial charge in [0, 0.05) is 20.1 Å². The zero-order chi connectivity index (χ0) is 20.3. The van der Waals surface area contributed by atoms with Crippen LogP contribution in [0.25, 0.3) is 11.2 Å². The molecule has 1 aromatic carbocycles. The highest BCUT2D eigenvalue weighted by molar-refractivity contribution is 5.74. The molecule has 0 radical (unpaired) electrons. The van der Waals surface area contributed by atoms with Gasteiger partial charge < -0.3 is 25.5 Å². The zero-order valence-electron chi connectivity index (χ0n) is 15.8. The van der Waals surface area contributed by atoms with Crippen LogP contribution in [-0.4, -0.2) is 50.0 Å². The van der Waals surface area contributed by atoms with Crippen LogP contribution in [0.5, 0.6) is 5.75 Å². The summed E-state index contributed by atoms with van der Waals surface area (Å²) in [6.07, 6.45) is -0.909. The molecule has 3 aromatic rings. The van der Waals surface area contributed by atoms with Gasteiger partial charge in [0.15, 0.2) is 11.2 Å². The van der Waals surface area contributed by atoms with Crippen LogP contribution in [0.1, 0.15) is 5.56 Å². The number of nitrogens with two attached hydrogens (primary N) is 1. The minimum absolute atomic E-state index is 0.0305. The summed E-state index contributed by atoms with van der Waals surface area (Å²) in [6.45, 7) is 2.84. The van der Waals surface area contributed by atoms with Crippen LogP contribution in [0.3, 0.4) is 0 Å². The number of fused-ring (bicyclic) bond motifs is 1. The average molecular weight is 388 g/mol. The van der Waals surface area contributed by atoms with Crippen LogP contribution in [-0.2, 0) is 13.6 Å². The van der Waals surface area contributed by atoms with Crippen LogP contribution < -0.4 is 27.0 Å². The first-order valence-corrected chi connectivity index (χ1v) is 8.91. The Morgan fingerprint density at radius 1 is 1.32 bits per heavy atom. The average Bonchev–Trinajstić information content (AvgIpc) is 3.03. The van der Waals surface area contributed by atoms with Gasteiger partial charge in [-0.1, -0.05) is 17.7 Å². The van der Waals surface area contributed by atoms with Crippen molar-refractivity contribution in [3.63, 3.8) is 0 Å². The Morgan fingerprint density at radius 2 is 2.04 bits per heavy atom. The fourth-order valence-corrected chi connectivity index (χ4v) is 2.82. The van der Waals surface area contributed by atoms with E-state index in [1.54, 1.807) is 0 Å². The molecule has 0 fully saturated rings. The topological polar surface area (TPSA) is 140 Å². The summed E-state index contributed by atoms with van der Waals surface area (Å²) >= 11 is 0. The van der Waals surface area contributed by atoms with Gasteiger partial charge in [-0.3, -0.25) is 14.3 Å². The molecule has 10 nitrogen and oxygen atoms in total. The lowest BCUT2D eigenvalue weighted by molar-refractivity contribution is 0.0938. The molecule has 2 aromatic heterocycles. The number of rotatable bonds is 8. The number of aliphatic hydroxyl groups is 1. The van der Waals surface area contributed by atoms with Gasteiger partial charge in [-0.25, -0.2) is 4.79 Å². The summed E-state index contributed by atoms with van der Waals surface area (Å²) in [5.41, 5.74) is 5.93. The quantitative estimate of drug-likeness (QED) is 0.409. The SMILES string of the molecule is Cc1ccc(OCC(O)Cn2c(NCCN)nc3c2c(=O)[nH]c(=O)n3C)cc1. The van der Waals surface area contributed by atoms with Crippen LogP contribution in [0, 0.1) is 6.92 Å². The van der Waals surface area contributed by atoms with E-state index < -0.39 is 17.4 Å². The molecule has 0 aliphatic carbocycles. The first-order valence-electron chi connectivity index (χ1n) is 8.91. The molecule has 0 spiro atoms. The number of aryl methyl sites for hydroxylation is 2. The van der Waals surface area contributed by atoms with E-state index in [-0.39, 0.29) is 24.3 Å². The number of hydrogen-bond acceptors (Lipinski definition) is 7. The standard InChI is InChI=1S/C18H24N6O4/c1-11-3-5-13(6-4-11)28-10-12(25)9-24-14-15(21-17(24)20-8-7-19)23(2)18(27)22-16(14)26/h3-6,12,25H,7-10,19H2,1-2H3,(H,20,21)(H,22,26,27). The molecule has 1 atom stereocenters. The van der Waals surface area contributed by atoms with Crippen LogP contribution in [0.15, 0.2) is 33.9 Å². The highest BCUT2D eigenvalue weighted by atomic mass is 16.5. The van der Waals surface area contributed by atoms with Crippen molar-refractivity contribution in [3.8, 4) is 5.75 Å². The molecule has 3 rings (SSSR count). The van der Waals surface area contributed by atoms with E-state index in [9.17, 15) is 14.7 Å². The fraction of sp³-hybridized carbons (Fsp3) is 0.389. The first kappa shape index (κ1) is 19.6. The molecule has 2 heterocycles. The Balaban J connectivity index is 1.87. The molecule has 0 bridgehead atoms. The first-order chi connectivity index (χ1) is 13.4. The maximum absolute atomic E-state index is 12.4. The summed E-state index contributed by atoms with van der Waals surface area (Å²) in [4.78, 5) is 30.8. The van der Waals surface area contributed by atoms with Crippen LogP contribution in [0.4, 0.5) is 5.95 Å². The second kappa shape index (κ2) is 8.28. The molecule has 28 heavy (non-hydrogen) atoms. The molecule has 0 saturated heterocycles. The van der Waals surface area contributed by atoms with Gasteiger partial charge in [-0.2, -0.15) is 4.98 Å². The molecule has 1 unspecified atom stereocenters. The van der Waals surface area contributed by atoms with Gasteiger partial charge in [0.05, 0.1) is 6.54 Å². The highest BCUT2D eigenvalue weighted by Crippen LogP contribution is 2.17. The fourth-order valence-electron chi connectivity index (χ4n) is 2.82. The molecular weight excluding hydrogens is 364 g/mol. The van der Waals surface area contributed by atoms with Gasteiger partial charge in [0.25, 0.3) is 5.56 Å². The Kier molecular flexibility index (Phi) is 5.81. The van der Waals surface area contributed by atoms with E-state index in [4.69, 9.17) is 10.5 Å². The number of H-pyrrole nitrogens is 1. The highest BCUT2D eigenvalue weighted by Gasteiger charge is 2.19. The maximum atomic E-state index is 12.4. The smallest absolute Gasteiger partial charge is 0.329 e. The summed E-state index contributed by atoms with van der Waals surface area (Å²) < 4.78 is 8.39. The summed E-state index contributed by atoms with van der Waals surface area (Å²) in [7, 11) is 1.52. The van der Waals surface area contributed by atoms with E-state index in [1.165, 1.54) is 16.2 Å². The number of nitrogens with zero attached hydrogens (tertiary/aromatic N) is 3. The van der Waals surface area contributed by atoms with E-state index in [0.29, 0.717) is 24.8 Å². The van der Waals surface area contributed by atoms with E-state index in [0.717, 1.165) is 5.56 Å².